The maximum absolute atomic E-state index is 10.7. The molecule has 4 nitrogen and oxygen atoms in total. The summed E-state index contributed by atoms with van der Waals surface area (Å²) in [4.78, 5) is 1.85. The van der Waals surface area contributed by atoms with Gasteiger partial charge in [0, 0.05) is 14.1 Å². The van der Waals surface area contributed by atoms with Gasteiger partial charge in [-0.15, -0.1) is 0 Å². The zero-order valence-electron chi connectivity index (χ0n) is 15.1. The van der Waals surface area contributed by atoms with E-state index in [1.54, 1.807) is 0 Å². The topological polar surface area (TPSA) is 44.7 Å². The van der Waals surface area contributed by atoms with Crippen molar-refractivity contribution in [2.75, 3.05) is 14.1 Å². The Morgan fingerprint density at radius 2 is 2.00 bits per heavy atom. The third-order valence-electron chi connectivity index (χ3n) is 5.08. The smallest absolute Gasteiger partial charge is 0.168 e. The van der Waals surface area contributed by atoms with Gasteiger partial charge >= 0.3 is 0 Å². The second-order valence-electron chi connectivity index (χ2n) is 6.96. The Morgan fingerprint density at radius 3 is 2.58 bits per heavy atom. The molecule has 1 saturated carbocycles. The Balaban J connectivity index is 2.12. The molecular formula is C19H30N2O2S. The first-order chi connectivity index (χ1) is 11.4. The van der Waals surface area contributed by atoms with Gasteiger partial charge in [-0.25, -0.2) is 0 Å². The van der Waals surface area contributed by atoms with Crippen LogP contribution in [0.25, 0.3) is 0 Å². The minimum atomic E-state index is -0.454. The Labute approximate surface area is 151 Å². The molecule has 1 aliphatic rings. The molecule has 0 spiro atoms. The van der Waals surface area contributed by atoms with Gasteiger partial charge in [0.25, 0.3) is 0 Å². The number of benzene rings is 1. The largest absolute Gasteiger partial charge is 0.391 e. The van der Waals surface area contributed by atoms with Crippen LogP contribution in [0.15, 0.2) is 30.3 Å². The van der Waals surface area contributed by atoms with Crippen LogP contribution in [-0.4, -0.2) is 47.5 Å². The molecule has 0 radical (unpaired) electrons. The Morgan fingerprint density at radius 1 is 1.33 bits per heavy atom. The van der Waals surface area contributed by atoms with Crippen LogP contribution in [0.5, 0.6) is 0 Å². The summed E-state index contributed by atoms with van der Waals surface area (Å²) in [6.07, 6.45) is 1.31. The van der Waals surface area contributed by atoms with Gasteiger partial charge in [-0.05, 0) is 36.0 Å². The molecule has 24 heavy (non-hydrogen) atoms. The van der Waals surface area contributed by atoms with Gasteiger partial charge in [0.2, 0.25) is 0 Å². The molecule has 2 rings (SSSR count). The summed E-state index contributed by atoms with van der Waals surface area (Å²) in [7, 11) is 3.81. The molecule has 0 saturated heterocycles. The fraction of sp³-hybridized carbons (Fsp3) is 0.632. The molecule has 0 bridgehead atoms. The molecule has 0 aromatic heterocycles. The van der Waals surface area contributed by atoms with Crippen LogP contribution in [0.4, 0.5) is 0 Å². The van der Waals surface area contributed by atoms with Crippen molar-refractivity contribution in [1.29, 1.82) is 0 Å². The van der Waals surface area contributed by atoms with E-state index in [4.69, 9.17) is 17.0 Å². The van der Waals surface area contributed by atoms with Crippen molar-refractivity contribution < 1.29 is 9.84 Å². The summed E-state index contributed by atoms with van der Waals surface area (Å²) < 4.78 is 6.28. The number of nitrogens with one attached hydrogen (secondary N) is 1. The van der Waals surface area contributed by atoms with E-state index < -0.39 is 6.10 Å². The van der Waals surface area contributed by atoms with Gasteiger partial charge in [-0.1, -0.05) is 50.6 Å². The molecule has 134 valence electrons. The van der Waals surface area contributed by atoms with E-state index in [2.05, 4.69) is 31.3 Å². The molecule has 5 heteroatoms. The van der Waals surface area contributed by atoms with E-state index in [-0.39, 0.29) is 12.1 Å². The van der Waals surface area contributed by atoms with Crippen LogP contribution in [-0.2, 0) is 11.3 Å². The van der Waals surface area contributed by atoms with E-state index in [9.17, 15) is 5.11 Å². The molecule has 1 aliphatic carbocycles. The van der Waals surface area contributed by atoms with Crippen molar-refractivity contribution in [3.63, 3.8) is 0 Å². The molecule has 5 atom stereocenters. The molecular weight excluding hydrogens is 320 g/mol. The zero-order valence-corrected chi connectivity index (χ0v) is 15.9. The van der Waals surface area contributed by atoms with Crippen molar-refractivity contribution in [3.8, 4) is 0 Å². The van der Waals surface area contributed by atoms with Gasteiger partial charge in [-0.2, -0.15) is 0 Å². The van der Waals surface area contributed by atoms with Crippen molar-refractivity contribution in [1.82, 2.24) is 10.2 Å². The van der Waals surface area contributed by atoms with Crippen LogP contribution < -0.4 is 5.32 Å². The van der Waals surface area contributed by atoms with E-state index in [1.807, 2.05) is 37.2 Å². The van der Waals surface area contributed by atoms with Crippen LogP contribution in [0.1, 0.15) is 32.3 Å². The van der Waals surface area contributed by atoms with Gasteiger partial charge in [0.15, 0.2) is 5.11 Å². The Hall–Kier alpha value is -1.17. The predicted molar refractivity (Wildman–Crippen MR) is 102 cm³/mol. The van der Waals surface area contributed by atoms with Crippen LogP contribution in [0.3, 0.4) is 0 Å². The number of aliphatic hydroxyl groups is 1. The lowest BCUT2D eigenvalue weighted by Crippen LogP contribution is -2.60. The summed E-state index contributed by atoms with van der Waals surface area (Å²) >= 11 is 5.39. The summed E-state index contributed by atoms with van der Waals surface area (Å²) in [6.45, 7) is 4.95. The van der Waals surface area contributed by atoms with Crippen LogP contribution >= 0.6 is 12.2 Å². The summed E-state index contributed by atoms with van der Waals surface area (Å²) in [5, 5.41) is 14.6. The minimum Gasteiger partial charge on any atom is -0.391 e. The number of hydrogen-bond donors (Lipinski definition) is 2. The van der Waals surface area contributed by atoms with Crippen molar-refractivity contribution >= 4 is 17.3 Å². The average molecular weight is 351 g/mol. The van der Waals surface area contributed by atoms with E-state index in [0.29, 0.717) is 23.6 Å². The molecule has 0 heterocycles. The number of aliphatic hydroxyl groups excluding tert-OH is 1. The highest BCUT2D eigenvalue weighted by Gasteiger charge is 2.42. The molecule has 0 aliphatic heterocycles. The predicted octanol–water partition coefficient (Wildman–Crippen LogP) is 2.80. The standard InChI is InChI=1S/C19H30N2O2S/c1-5-15-11-16(22)17(20-19(24)21(3)4)18(13(15)2)23-12-14-9-7-6-8-10-14/h6-10,13,15-18,22H,5,11-12H2,1-4H3,(H,20,24)/t13-,15+,16-,17+,18+/m1/s1. The number of nitrogens with zero attached hydrogens (tertiary/aromatic N) is 1. The Kier molecular flexibility index (Phi) is 7.02. The molecule has 1 aromatic rings. The van der Waals surface area contributed by atoms with Gasteiger partial charge < -0.3 is 20.1 Å². The second-order valence-corrected chi connectivity index (χ2v) is 7.35. The van der Waals surface area contributed by atoms with E-state index >= 15 is 0 Å². The maximum atomic E-state index is 10.7. The highest BCUT2D eigenvalue weighted by Crippen LogP contribution is 2.35. The highest BCUT2D eigenvalue weighted by molar-refractivity contribution is 7.80. The first-order valence-electron chi connectivity index (χ1n) is 8.75. The third kappa shape index (κ3) is 4.68. The van der Waals surface area contributed by atoms with Crippen molar-refractivity contribution in [2.45, 2.75) is 51.5 Å². The number of thiocarbonyl (C=S) groups is 1. The first kappa shape index (κ1) is 19.2. The fourth-order valence-corrected chi connectivity index (χ4v) is 3.63. The molecule has 1 fully saturated rings. The number of rotatable bonds is 5. The minimum absolute atomic E-state index is 0.0724. The molecule has 0 unspecified atom stereocenters. The summed E-state index contributed by atoms with van der Waals surface area (Å²) in [5.41, 5.74) is 1.15. The SMILES string of the molecule is CC[C@H]1C[C@@H](O)[C@H](NC(=S)N(C)C)[C@@H](OCc2ccccc2)[C@@H]1C. The van der Waals surface area contributed by atoms with Gasteiger partial charge in [0.05, 0.1) is 24.9 Å². The van der Waals surface area contributed by atoms with Gasteiger partial charge in [0.1, 0.15) is 0 Å². The third-order valence-corrected chi connectivity index (χ3v) is 5.56. The highest BCUT2D eigenvalue weighted by atomic mass is 32.1. The lowest BCUT2D eigenvalue weighted by molar-refractivity contribution is -0.0955. The lowest BCUT2D eigenvalue weighted by Gasteiger charge is -2.45. The number of hydrogen-bond acceptors (Lipinski definition) is 3. The Bertz CT molecular complexity index is 523. The van der Waals surface area contributed by atoms with Crippen LogP contribution in [0, 0.1) is 11.8 Å². The molecule has 2 N–H and O–H groups in total. The van der Waals surface area contributed by atoms with E-state index in [1.165, 1.54) is 0 Å². The summed E-state index contributed by atoms with van der Waals surface area (Å²) in [6, 6.07) is 9.99. The molecule has 0 amide bonds. The summed E-state index contributed by atoms with van der Waals surface area (Å²) in [5.74, 6) is 0.830. The monoisotopic (exact) mass is 350 g/mol. The number of ether oxygens (including phenoxy) is 1. The quantitative estimate of drug-likeness (QED) is 0.800. The first-order valence-corrected chi connectivity index (χ1v) is 9.16. The lowest BCUT2D eigenvalue weighted by atomic mass is 9.73. The average Bonchev–Trinajstić information content (AvgIpc) is 2.58. The van der Waals surface area contributed by atoms with Crippen molar-refractivity contribution in [3.05, 3.63) is 35.9 Å². The maximum Gasteiger partial charge on any atom is 0.168 e. The van der Waals surface area contributed by atoms with Crippen molar-refractivity contribution in [2.24, 2.45) is 11.8 Å². The van der Waals surface area contributed by atoms with E-state index in [0.717, 1.165) is 18.4 Å². The molecule has 1 aromatic carbocycles. The second kappa shape index (κ2) is 8.79. The van der Waals surface area contributed by atoms with Crippen LogP contribution in [0.2, 0.25) is 0 Å². The fourth-order valence-electron chi connectivity index (χ4n) is 3.50. The zero-order chi connectivity index (χ0) is 17.7. The normalized spacial score (nSPS) is 30.0. The van der Waals surface area contributed by atoms with Gasteiger partial charge in [-0.3, -0.25) is 0 Å².